The molecule has 2 aromatic rings. The lowest BCUT2D eigenvalue weighted by atomic mass is 10.1. The van der Waals surface area contributed by atoms with Gasteiger partial charge in [0, 0.05) is 24.4 Å². The number of nitrogens with zero attached hydrogens (tertiary/aromatic N) is 2. The number of rotatable bonds is 4. The highest BCUT2D eigenvalue weighted by Crippen LogP contribution is 2.27. The predicted octanol–water partition coefficient (Wildman–Crippen LogP) is 2.41. The number of hydrogen-bond acceptors (Lipinski definition) is 4. The van der Waals surface area contributed by atoms with Crippen LogP contribution in [0.5, 0.6) is 5.75 Å². The third-order valence-corrected chi connectivity index (χ3v) is 4.13. The van der Waals surface area contributed by atoms with Crippen LogP contribution in [0.25, 0.3) is 11.0 Å². The van der Waals surface area contributed by atoms with E-state index in [1.807, 2.05) is 39.1 Å². The van der Waals surface area contributed by atoms with E-state index >= 15 is 0 Å². The van der Waals surface area contributed by atoms with Gasteiger partial charge in [0.2, 0.25) is 0 Å². The molecule has 1 aromatic heterocycles. The zero-order valence-corrected chi connectivity index (χ0v) is 12.0. The highest BCUT2D eigenvalue weighted by atomic mass is 32.2. The molecule has 18 heavy (non-hydrogen) atoms. The third-order valence-electron chi connectivity index (χ3n) is 2.62. The Morgan fingerprint density at radius 1 is 1.44 bits per heavy atom. The first kappa shape index (κ1) is 13.2. The zero-order chi connectivity index (χ0) is 13.3. The summed E-state index contributed by atoms with van der Waals surface area (Å²) < 4.78 is 7.30. The molecule has 0 saturated carbocycles. The lowest BCUT2D eigenvalue weighted by Gasteiger charge is -2.16. The topological polar surface area (TPSA) is 53.1 Å². The Morgan fingerprint density at radius 2 is 2.17 bits per heavy atom. The number of benzene rings is 1. The summed E-state index contributed by atoms with van der Waals surface area (Å²) in [7, 11) is 3.68. The molecule has 0 spiro atoms. The van der Waals surface area contributed by atoms with Gasteiger partial charge in [-0.2, -0.15) is 0 Å². The normalized spacial score (nSPS) is 12.1. The molecule has 0 aliphatic heterocycles. The maximum atomic E-state index is 6.00. The van der Waals surface area contributed by atoms with Crippen LogP contribution in [0.2, 0.25) is 0 Å². The first-order valence-electron chi connectivity index (χ1n) is 5.83. The molecule has 4 nitrogen and oxygen atoms in total. The Morgan fingerprint density at radius 3 is 2.78 bits per heavy atom. The van der Waals surface area contributed by atoms with Gasteiger partial charge < -0.3 is 15.0 Å². The molecule has 0 atom stereocenters. The first-order chi connectivity index (χ1) is 8.40. The first-order valence-corrected chi connectivity index (χ1v) is 6.81. The van der Waals surface area contributed by atoms with Crippen LogP contribution in [-0.4, -0.2) is 28.0 Å². The van der Waals surface area contributed by atoms with E-state index in [0.29, 0.717) is 0 Å². The fourth-order valence-electron chi connectivity index (χ4n) is 1.66. The summed E-state index contributed by atoms with van der Waals surface area (Å²) in [4.78, 5) is 4.61. The molecule has 1 heterocycles. The van der Waals surface area contributed by atoms with Crippen molar-refractivity contribution in [1.29, 1.82) is 0 Å². The Hall–Kier alpha value is -1.20. The van der Waals surface area contributed by atoms with E-state index in [0.717, 1.165) is 27.7 Å². The lowest BCUT2D eigenvalue weighted by Crippen LogP contribution is -2.34. The molecule has 0 bridgehead atoms. The number of thioether (sulfide) groups is 1. The van der Waals surface area contributed by atoms with Crippen LogP contribution in [0, 0.1) is 0 Å². The van der Waals surface area contributed by atoms with Gasteiger partial charge in [-0.3, -0.25) is 0 Å². The number of methoxy groups -OCH3 is 1. The summed E-state index contributed by atoms with van der Waals surface area (Å²) in [6.07, 6.45) is 0. The molecule has 0 aliphatic rings. The maximum absolute atomic E-state index is 6.00. The summed E-state index contributed by atoms with van der Waals surface area (Å²) in [6.45, 7) is 4.04. The van der Waals surface area contributed by atoms with Gasteiger partial charge in [0.1, 0.15) is 5.75 Å². The standard InChI is InChI=1S/C13H19N3OS/c1-13(2,14)8-18-12-15-10-7-9(17-4)5-6-11(10)16(12)3/h5-7H,8,14H2,1-4H3. The minimum Gasteiger partial charge on any atom is -0.497 e. The SMILES string of the molecule is COc1ccc2c(c1)nc(SCC(C)(C)N)n2C. The van der Waals surface area contributed by atoms with Crippen molar-refractivity contribution in [2.45, 2.75) is 24.5 Å². The van der Waals surface area contributed by atoms with Crippen molar-refractivity contribution >= 4 is 22.8 Å². The minimum absolute atomic E-state index is 0.194. The number of imidazole rings is 1. The molecule has 98 valence electrons. The highest BCUT2D eigenvalue weighted by Gasteiger charge is 2.15. The number of fused-ring (bicyclic) bond motifs is 1. The fourth-order valence-corrected chi connectivity index (χ4v) is 2.62. The molecular formula is C13H19N3OS. The Balaban J connectivity index is 2.32. The summed E-state index contributed by atoms with van der Waals surface area (Å²) in [6, 6.07) is 5.93. The van der Waals surface area contributed by atoms with Gasteiger partial charge >= 0.3 is 0 Å². The van der Waals surface area contributed by atoms with Crippen molar-refractivity contribution in [3.63, 3.8) is 0 Å². The minimum atomic E-state index is -0.194. The van der Waals surface area contributed by atoms with E-state index in [-0.39, 0.29) is 5.54 Å². The second kappa shape index (κ2) is 4.82. The quantitative estimate of drug-likeness (QED) is 0.863. The van der Waals surface area contributed by atoms with Crippen molar-refractivity contribution < 1.29 is 4.74 Å². The van der Waals surface area contributed by atoms with E-state index in [1.54, 1.807) is 18.9 Å². The van der Waals surface area contributed by atoms with Crippen LogP contribution >= 0.6 is 11.8 Å². The van der Waals surface area contributed by atoms with Crippen molar-refractivity contribution in [3.8, 4) is 5.75 Å². The Bertz CT molecular complexity index is 557. The number of nitrogens with two attached hydrogens (primary N) is 1. The van der Waals surface area contributed by atoms with Crippen LogP contribution < -0.4 is 10.5 Å². The van der Waals surface area contributed by atoms with Gasteiger partial charge in [-0.1, -0.05) is 11.8 Å². The van der Waals surface area contributed by atoms with E-state index in [2.05, 4.69) is 9.55 Å². The molecule has 2 N–H and O–H groups in total. The molecule has 2 rings (SSSR count). The summed E-state index contributed by atoms with van der Waals surface area (Å²) in [5.74, 6) is 1.66. The van der Waals surface area contributed by atoms with E-state index in [4.69, 9.17) is 10.5 Å². The molecule has 0 fully saturated rings. The maximum Gasteiger partial charge on any atom is 0.168 e. The summed E-state index contributed by atoms with van der Waals surface area (Å²) in [5, 5.41) is 0.983. The molecule has 0 radical (unpaired) electrons. The lowest BCUT2D eigenvalue weighted by molar-refractivity contribution is 0.415. The van der Waals surface area contributed by atoms with Crippen LogP contribution in [-0.2, 0) is 7.05 Å². The van der Waals surface area contributed by atoms with Crippen molar-refractivity contribution in [3.05, 3.63) is 18.2 Å². The van der Waals surface area contributed by atoms with Gasteiger partial charge in [-0.25, -0.2) is 4.98 Å². The van der Waals surface area contributed by atoms with E-state index in [1.165, 1.54) is 0 Å². The van der Waals surface area contributed by atoms with Crippen LogP contribution in [0.4, 0.5) is 0 Å². The van der Waals surface area contributed by atoms with Gasteiger partial charge in [0.05, 0.1) is 18.1 Å². The number of hydrogen-bond donors (Lipinski definition) is 1. The average Bonchev–Trinajstić information content (AvgIpc) is 2.62. The molecule has 0 saturated heterocycles. The van der Waals surface area contributed by atoms with Gasteiger partial charge in [-0.05, 0) is 26.0 Å². The summed E-state index contributed by atoms with van der Waals surface area (Å²) >= 11 is 1.68. The van der Waals surface area contributed by atoms with Crippen molar-refractivity contribution in [2.24, 2.45) is 12.8 Å². The molecular weight excluding hydrogens is 246 g/mol. The van der Waals surface area contributed by atoms with Crippen LogP contribution in [0.3, 0.4) is 0 Å². The highest BCUT2D eigenvalue weighted by molar-refractivity contribution is 7.99. The van der Waals surface area contributed by atoms with Crippen molar-refractivity contribution in [2.75, 3.05) is 12.9 Å². The van der Waals surface area contributed by atoms with Crippen LogP contribution in [0.15, 0.2) is 23.4 Å². The van der Waals surface area contributed by atoms with Crippen molar-refractivity contribution in [1.82, 2.24) is 9.55 Å². The number of aromatic nitrogens is 2. The van der Waals surface area contributed by atoms with Gasteiger partial charge in [0.15, 0.2) is 5.16 Å². The summed E-state index contributed by atoms with van der Waals surface area (Å²) in [5.41, 5.74) is 7.86. The number of aryl methyl sites for hydroxylation is 1. The van der Waals surface area contributed by atoms with Crippen LogP contribution in [0.1, 0.15) is 13.8 Å². The average molecular weight is 265 g/mol. The third kappa shape index (κ3) is 2.79. The largest absolute Gasteiger partial charge is 0.497 e. The van der Waals surface area contributed by atoms with Gasteiger partial charge in [-0.15, -0.1) is 0 Å². The van der Waals surface area contributed by atoms with Gasteiger partial charge in [0.25, 0.3) is 0 Å². The molecule has 0 unspecified atom stereocenters. The molecule has 1 aromatic carbocycles. The number of ether oxygens (including phenoxy) is 1. The molecule has 0 amide bonds. The fraction of sp³-hybridized carbons (Fsp3) is 0.462. The smallest absolute Gasteiger partial charge is 0.168 e. The van der Waals surface area contributed by atoms with E-state index in [9.17, 15) is 0 Å². The molecule has 5 heteroatoms. The molecule has 0 aliphatic carbocycles. The monoisotopic (exact) mass is 265 g/mol. The Kier molecular flexibility index (Phi) is 3.54. The van der Waals surface area contributed by atoms with E-state index < -0.39 is 0 Å². The zero-order valence-electron chi connectivity index (χ0n) is 11.2. The predicted molar refractivity (Wildman–Crippen MR) is 76.3 cm³/mol. The Labute approximate surface area is 112 Å². The second-order valence-electron chi connectivity index (χ2n) is 5.09. The second-order valence-corrected chi connectivity index (χ2v) is 6.03.